The summed E-state index contributed by atoms with van der Waals surface area (Å²) in [7, 11) is 0. The van der Waals surface area contributed by atoms with E-state index in [1.54, 1.807) is 0 Å². The Morgan fingerprint density at radius 1 is 1.12 bits per heavy atom. The molecule has 2 rings (SSSR count). The van der Waals surface area contributed by atoms with Gasteiger partial charge >= 0.3 is 0 Å². The second kappa shape index (κ2) is 3.33. The van der Waals surface area contributed by atoms with E-state index in [-0.39, 0.29) is 11.4 Å². The Hall–Kier alpha value is -1.84. The molecule has 4 nitrogen and oxygen atoms in total. The molecule has 0 saturated carbocycles. The van der Waals surface area contributed by atoms with Crippen LogP contribution in [0.5, 0.6) is 5.88 Å². The molecule has 16 heavy (non-hydrogen) atoms. The summed E-state index contributed by atoms with van der Waals surface area (Å²) in [4.78, 5) is 15.8. The van der Waals surface area contributed by atoms with Crippen molar-refractivity contribution in [1.29, 1.82) is 0 Å². The lowest BCUT2D eigenvalue weighted by Gasteiger charge is -2.13. The van der Waals surface area contributed by atoms with Gasteiger partial charge in [0, 0.05) is 5.69 Å². The van der Waals surface area contributed by atoms with Gasteiger partial charge in [0.15, 0.2) is 0 Å². The SMILES string of the molecule is Cc1c(C)c(C)n2c(=O)cc(O)nc2c1C. The first-order valence-corrected chi connectivity index (χ1v) is 5.12. The molecule has 0 aliphatic carbocycles. The highest BCUT2D eigenvalue weighted by Gasteiger charge is 2.12. The minimum absolute atomic E-state index is 0.226. The lowest BCUT2D eigenvalue weighted by Crippen LogP contribution is -2.18. The van der Waals surface area contributed by atoms with Crippen LogP contribution in [0.25, 0.3) is 5.65 Å². The Kier molecular flexibility index (Phi) is 2.22. The second-order valence-corrected chi connectivity index (χ2v) is 4.07. The van der Waals surface area contributed by atoms with E-state index in [2.05, 4.69) is 4.98 Å². The number of pyridine rings is 1. The summed E-state index contributed by atoms with van der Waals surface area (Å²) < 4.78 is 1.54. The van der Waals surface area contributed by atoms with Gasteiger partial charge in [0.25, 0.3) is 5.56 Å². The van der Waals surface area contributed by atoms with Crippen molar-refractivity contribution < 1.29 is 5.11 Å². The first-order valence-electron chi connectivity index (χ1n) is 5.12. The number of hydrogen-bond acceptors (Lipinski definition) is 3. The highest BCUT2D eigenvalue weighted by atomic mass is 16.3. The smallest absolute Gasteiger partial charge is 0.261 e. The van der Waals surface area contributed by atoms with Crippen molar-refractivity contribution in [3.63, 3.8) is 0 Å². The first kappa shape index (κ1) is 10.7. The van der Waals surface area contributed by atoms with Crippen LogP contribution in [0.2, 0.25) is 0 Å². The predicted octanol–water partition coefficient (Wildman–Crippen LogP) is 1.63. The maximum Gasteiger partial charge on any atom is 0.261 e. The predicted molar refractivity (Wildman–Crippen MR) is 62.1 cm³/mol. The van der Waals surface area contributed by atoms with Crippen LogP contribution in [0.1, 0.15) is 22.4 Å². The molecule has 0 spiro atoms. The molecule has 0 radical (unpaired) electrons. The Labute approximate surface area is 93.2 Å². The summed E-state index contributed by atoms with van der Waals surface area (Å²) in [6.45, 7) is 7.77. The standard InChI is InChI=1S/C12H14N2O2/c1-6-7(2)9(4)14-11(16)5-10(15)13-12(14)8(6)3/h5,15H,1-4H3. The third-order valence-electron chi connectivity index (χ3n) is 3.24. The number of aromatic nitrogens is 2. The fraction of sp³-hybridized carbons (Fsp3) is 0.333. The van der Waals surface area contributed by atoms with Crippen LogP contribution in [0, 0.1) is 27.7 Å². The Bertz CT molecular complexity index is 642. The maximum absolute atomic E-state index is 11.8. The summed E-state index contributed by atoms with van der Waals surface area (Å²) >= 11 is 0. The van der Waals surface area contributed by atoms with Crippen molar-refractivity contribution in [2.75, 3.05) is 0 Å². The summed E-state index contributed by atoms with van der Waals surface area (Å²) in [5, 5.41) is 9.36. The van der Waals surface area contributed by atoms with Gasteiger partial charge in [-0.3, -0.25) is 9.20 Å². The molecular weight excluding hydrogens is 204 g/mol. The minimum Gasteiger partial charge on any atom is -0.493 e. The monoisotopic (exact) mass is 218 g/mol. The molecular formula is C12H14N2O2. The Morgan fingerprint density at radius 2 is 1.75 bits per heavy atom. The quantitative estimate of drug-likeness (QED) is 0.731. The molecule has 2 heterocycles. The fourth-order valence-corrected chi connectivity index (χ4v) is 1.93. The Morgan fingerprint density at radius 3 is 2.38 bits per heavy atom. The molecule has 0 bridgehead atoms. The van der Waals surface area contributed by atoms with Gasteiger partial charge in [0.1, 0.15) is 5.65 Å². The average molecular weight is 218 g/mol. The summed E-state index contributed by atoms with van der Waals surface area (Å²) in [5.41, 5.74) is 4.28. The maximum atomic E-state index is 11.8. The lowest BCUT2D eigenvalue weighted by atomic mass is 10.0. The summed E-state index contributed by atoms with van der Waals surface area (Å²) in [6.07, 6.45) is 0. The Balaban J connectivity index is 3.15. The molecule has 0 aliphatic rings. The molecule has 0 amide bonds. The molecule has 0 unspecified atom stereocenters. The average Bonchev–Trinajstić information content (AvgIpc) is 2.22. The topological polar surface area (TPSA) is 54.6 Å². The van der Waals surface area contributed by atoms with Crippen LogP contribution in [-0.2, 0) is 0 Å². The van der Waals surface area contributed by atoms with Crippen molar-refractivity contribution in [3.8, 4) is 5.88 Å². The third kappa shape index (κ3) is 1.30. The van der Waals surface area contributed by atoms with E-state index in [9.17, 15) is 9.90 Å². The van der Waals surface area contributed by atoms with Gasteiger partial charge in [0.05, 0.1) is 6.07 Å². The number of aromatic hydroxyl groups is 1. The largest absolute Gasteiger partial charge is 0.493 e. The molecule has 2 aromatic heterocycles. The molecule has 1 N–H and O–H groups in total. The minimum atomic E-state index is -0.244. The van der Waals surface area contributed by atoms with Crippen LogP contribution in [-0.4, -0.2) is 14.5 Å². The normalized spacial score (nSPS) is 11.0. The molecule has 84 valence electrons. The third-order valence-corrected chi connectivity index (χ3v) is 3.24. The first-order chi connectivity index (χ1) is 7.43. The van der Waals surface area contributed by atoms with Gasteiger partial charge in [-0.1, -0.05) is 0 Å². The van der Waals surface area contributed by atoms with Gasteiger partial charge in [-0.15, -0.1) is 0 Å². The molecule has 0 aromatic carbocycles. The van der Waals surface area contributed by atoms with Crippen LogP contribution in [0.4, 0.5) is 0 Å². The highest BCUT2D eigenvalue weighted by molar-refractivity contribution is 5.55. The zero-order valence-electron chi connectivity index (χ0n) is 9.83. The van der Waals surface area contributed by atoms with Gasteiger partial charge in [0.2, 0.25) is 5.88 Å². The van der Waals surface area contributed by atoms with Crippen molar-refractivity contribution >= 4 is 5.65 Å². The molecule has 0 saturated heterocycles. The van der Waals surface area contributed by atoms with Gasteiger partial charge < -0.3 is 5.11 Å². The summed E-state index contributed by atoms with van der Waals surface area (Å²) in [6, 6.07) is 1.13. The second-order valence-electron chi connectivity index (χ2n) is 4.07. The number of aryl methyl sites for hydroxylation is 2. The fourth-order valence-electron chi connectivity index (χ4n) is 1.93. The molecule has 0 atom stereocenters. The van der Waals surface area contributed by atoms with E-state index >= 15 is 0 Å². The van der Waals surface area contributed by atoms with Crippen LogP contribution < -0.4 is 5.56 Å². The molecule has 0 aliphatic heterocycles. The molecule has 2 aromatic rings. The van der Waals surface area contributed by atoms with E-state index < -0.39 is 0 Å². The van der Waals surface area contributed by atoms with Crippen molar-refractivity contribution in [1.82, 2.24) is 9.38 Å². The number of nitrogens with zero attached hydrogens (tertiary/aromatic N) is 2. The number of fused-ring (bicyclic) bond motifs is 1. The van der Waals surface area contributed by atoms with Gasteiger partial charge in [-0.05, 0) is 44.4 Å². The van der Waals surface area contributed by atoms with E-state index in [4.69, 9.17) is 0 Å². The van der Waals surface area contributed by atoms with Crippen LogP contribution in [0.15, 0.2) is 10.9 Å². The van der Waals surface area contributed by atoms with Crippen molar-refractivity contribution in [2.45, 2.75) is 27.7 Å². The van der Waals surface area contributed by atoms with Crippen molar-refractivity contribution in [3.05, 3.63) is 38.8 Å². The lowest BCUT2D eigenvalue weighted by molar-refractivity contribution is 0.452. The zero-order chi connectivity index (χ0) is 12.0. The molecule has 0 fully saturated rings. The zero-order valence-corrected chi connectivity index (χ0v) is 9.83. The highest BCUT2D eigenvalue weighted by Crippen LogP contribution is 2.20. The van der Waals surface area contributed by atoms with E-state index in [0.717, 1.165) is 28.5 Å². The van der Waals surface area contributed by atoms with Gasteiger partial charge in [-0.2, -0.15) is 4.98 Å². The van der Waals surface area contributed by atoms with E-state index in [0.29, 0.717) is 5.65 Å². The summed E-state index contributed by atoms with van der Waals surface area (Å²) in [5.74, 6) is -0.226. The van der Waals surface area contributed by atoms with E-state index in [1.165, 1.54) is 4.40 Å². The van der Waals surface area contributed by atoms with Gasteiger partial charge in [-0.25, -0.2) is 0 Å². The number of hydrogen-bond donors (Lipinski definition) is 1. The van der Waals surface area contributed by atoms with Crippen molar-refractivity contribution in [2.24, 2.45) is 0 Å². The van der Waals surface area contributed by atoms with Crippen LogP contribution in [0.3, 0.4) is 0 Å². The number of rotatable bonds is 0. The van der Waals surface area contributed by atoms with E-state index in [1.807, 2.05) is 27.7 Å². The van der Waals surface area contributed by atoms with Crippen LogP contribution >= 0.6 is 0 Å². The molecule has 4 heteroatoms.